The third-order valence-corrected chi connectivity index (χ3v) is 7.30. The third-order valence-electron chi connectivity index (χ3n) is 7.30. The number of hydrogen-bond donors (Lipinski definition) is 1. The fourth-order valence-electron chi connectivity index (χ4n) is 4.99. The molecule has 10 nitrogen and oxygen atoms in total. The van der Waals surface area contributed by atoms with Crippen molar-refractivity contribution in [2.75, 3.05) is 32.8 Å². The van der Waals surface area contributed by atoms with E-state index in [0.29, 0.717) is 31.3 Å². The lowest BCUT2D eigenvalue weighted by Gasteiger charge is -2.25. The molecule has 192 valence electrons. The summed E-state index contributed by atoms with van der Waals surface area (Å²) in [7, 11) is 5.27. The maximum atomic E-state index is 12.3. The van der Waals surface area contributed by atoms with Crippen molar-refractivity contribution < 1.29 is 19.0 Å². The zero-order valence-corrected chi connectivity index (χ0v) is 21.2. The topological polar surface area (TPSA) is 105 Å². The highest BCUT2D eigenvalue weighted by Gasteiger charge is 2.36. The lowest BCUT2D eigenvalue weighted by molar-refractivity contribution is -0.117. The van der Waals surface area contributed by atoms with Gasteiger partial charge in [-0.05, 0) is 25.0 Å². The van der Waals surface area contributed by atoms with Crippen LogP contribution in [-0.2, 0) is 27.9 Å². The SMILES string of the molecule is COc1c(-c2cnn(C[C@@]3(OC)CCOC3)c2)cccc1-c1nn(C)c2cnc(NC(=O)C3CC3)cc12. The molecule has 1 aliphatic carbocycles. The Morgan fingerprint density at radius 2 is 2.08 bits per heavy atom. The van der Waals surface area contributed by atoms with Crippen molar-refractivity contribution in [1.29, 1.82) is 0 Å². The van der Waals surface area contributed by atoms with Crippen LogP contribution in [0, 0.1) is 5.92 Å². The molecule has 3 aromatic heterocycles. The lowest BCUT2D eigenvalue weighted by atomic mass is 10.0. The van der Waals surface area contributed by atoms with Gasteiger partial charge in [0.2, 0.25) is 5.91 Å². The fraction of sp³-hybridized carbons (Fsp3) is 0.407. The molecular weight excluding hydrogens is 472 g/mol. The average Bonchev–Trinajstić information content (AvgIpc) is 3.35. The van der Waals surface area contributed by atoms with Gasteiger partial charge in [0.05, 0.1) is 38.2 Å². The standard InChI is InChI=1S/C27H30N6O4/c1-32-22-13-28-23(30-26(34)17-7-8-17)11-21(22)24(31-32)20-6-4-5-19(25(20)35-2)18-12-29-33(14-18)15-27(36-3)9-10-37-16-27/h4-6,11-14,17H,7-10,15-16H2,1-3H3,(H,28,30,34)/t27-/m0/s1. The molecule has 1 aromatic carbocycles. The smallest absolute Gasteiger partial charge is 0.228 e. The molecule has 37 heavy (non-hydrogen) atoms. The Labute approximate surface area is 214 Å². The van der Waals surface area contributed by atoms with Gasteiger partial charge >= 0.3 is 0 Å². The molecular formula is C27H30N6O4. The first-order valence-electron chi connectivity index (χ1n) is 12.5. The quantitative estimate of drug-likeness (QED) is 0.392. The molecule has 1 atom stereocenters. The maximum absolute atomic E-state index is 12.3. The number of fused-ring (bicyclic) bond motifs is 1. The highest BCUT2D eigenvalue weighted by atomic mass is 16.5. The molecule has 4 heterocycles. The Bertz CT molecular complexity index is 1470. The number of benzene rings is 1. The van der Waals surface area contributed by atoms with Crippen LogP contribution >= 0.6 is 0 Å². The van der Waals surface area contributed by atoms with Crippen LogP contribution in [0.3, 0.4) is 0 Å². The number of nitrogens with one attached hydrogen (secondary N) is 1. The number of carbonyl (C=O) groups excluding carboxylic acids is 1. The number of anilines is 1. The predicted molar refractivity (Wildman–Crippen MR) is 138 cm³/mol. The molecule has 1 saturated carbocycles. The second-order valence-corrected chi connectivity index (χ2v) is 9.83. The van der Waals surface area contributed by atoms with Crippen LogP contribution in [0.4, 0.5) is 5.82 Å². The summed E-state index contributed by atoms with van der Waals surface area (Å²) in [5.41, 5.74) is 3.96. The number of para-hydroxylation sites is 1. The Morgan fingerprint density at radius 3 is 2.81 bits per heavy atom. The van der Waals surface area contributed by atoms with E-state index < -0.39 is 0 Å². The third kappa shape index (κ3) is 4.36. The Morgan fingerprint density at radius 1 is 1.24 bits per heavy atom. The van der Waals surface area contributed by atoms with Crippen molar-refractivity contribution in [2.45, 2.75) is 31.4 Å². The molecule has 1 aliphatic heterocycles. The van der Waals surface area contributed by atoms with E-state index in [1.807, 2.05) is 48.4 Å². The minimum Gasteiger partial charge on any atom is -0.495 e. The zero-order chi connectivity index (χ0) is 25.6. The van der Waals surface area contributed by atoms with Crippen molar-refractivity contribution in [3.63, 3.8) is 0 Å². The molecule has 2 aliphatic rings. The van der Waals surface area contributed by atoms with Crippen molar-refractivity contribution in [2.24, 2.45) is 13.0 Å². The lowest BCUT2D eigenvalue weighted by Crippen LogP contribution is -2.37. The summed E-state index contributed by atoms with van der Waals surface area (Å²) in [4.78, 5) is 16.7. The number of hydrogen-bond acceptors (Lipinski definition) is 7. The molecule has 4 aromatic rings. The van der Waals surface area contributed by atoms with Crippen molar-refractivity contribution in [1.82, 2.24) is 24.5 Å². The number of methoxy groups -OCH3 is 2. The number of amides is 1. The summed E-state index contributed by atoms with van der Waals surface area (Å²) >= 11 is 0. The number of pyridine rings is 1. The van der Waals surface area contributed by atoms with Crippen LogP contribution in [-0.4, -0.2) is 63.5 Å². The molecule has 0 spiro atoms. The van der Waals surface area contributed by atoms with Crippen LogP contribution in [0.5, 0.6) is 5.75 Å². The van der Waals surface area contributed by atoms with Crippen LogP contribution in [0.25, 0.3) is 33.3 Å². The summed E-state index contributed by atoms with van der Waals surface area (Å²) in [6.07, 6.45) is 8.30. The van der Waals surface area contributed by atoms with E-state index in [-0.39, 0.29) is 17.4 Å². The van der Waals surface area contributed by atoms with Gasteiger partial charge in [0.15, 0.2) is 0 Å². The molecule has 1 N–H and O–H groups in total. The van der Waals surface area contributed by atoms with Crippen molar-refractivity contribution >= 4 is 22.6 Å². The Hall–Kier alpha value is -3.76. The first-order chi connectivity index (χ1) is 18.0. The van der Waals surface area contributed by atoms with Gasteiger partial charge in [-0.3, -0.25) is 14.2 Å². The second-order valence-electron chi connectivity index (χ2n) is 9.83. The average molecular weight is 503 g/mol. The van der Waals surface area contributed by atoms with Crippen molar-refractivity contribution in [3.8, 4) is 28.1 Å². The van der Waals surface area contributed by atoms with Crippen molar-refractivity contribution in [3.05, 3.63) is 42.9 Å². The summed E-state index contributed by atoms with van der Waals surface area (Å²) in [6, 6.07) is 7.88. The molecule has 0 radical (unpaired) electrons. The monoisotopic (exact) mass is 502 g/mol. The van der Waals surface area contributed by atoms with Gasteiger partial charge in [0.1, 0.15) is 22.9 Å². The summed E-state index contributed by atoms with van der Waals surface area (Å²) < 4.78 is 21.0. The first-order valence-corrected chi connectivity index (χ1v) is 12.5. The summed E-state index contributed by atoms with van der Waals surface area (Å²) in [5, 5.41) is 13.2. The van der Waals surface area contributed by atoms with Gasteiger partial charge in [-0.1, -0.05) is 12.1 Å². The van der Waals surface area contributed by atoms with E-state index >= 15 is 0 Å². The van der Waals surface area contributed by atoms with Crippen LogP contribution in [0.2, 0.25) is 0 Å². The number of carbonyl (C=O) groups is 1. The summed E-state index contributed by atoms with van der Waals surface area (Å²) in [5.74, 6) is 1.35. The maximum Gasteiger partial charge on any atom is 0.228 e. The highest BCUT2D eigenvalue weighted by Crippen LogP contribution is 2.41. The van der Waals surface area contributed by atoms with E-state index in [0.717, 1.165) is 52.5 Å². The van der Waals surface area contributed by atoms with Gasteiger partial charge < -0.3 is 19.5 Å². The fourth-order valence-corrected chi connectivity index (χ4v) is 4.99. The van der Waals surface area contributed by atoms with E-state index in [2.05, 4.69) is 15.4 Å². The molecule has 6 rings (SSSR count). The number of aryl methyl sites for hydroxylation is 1. The van der Waals surface area contributed by atoms with Crippen LogP contribution in [0.1, 0.15) is 19.3 Å². The van der Waals surface area contributed by atoms with Crippen LogP contribution < -0.4 is 10.1 Å². The van der Waals surface area contributed by atoms with Crippen LogP contribution in [0.15, 0.2) is 42.9 Å². The summed E-state index contributed by atoms with van der Waals surface area (Å²) in [6.45, 7) is 1.86. The highest BCUT2D eigenvalue weighted by molar-refractivity contribution is 6.00. The number of ether oxygens (including phenoxy) is 3. The number of nitrogens with zero attached hydrogens (tertiary/aromatic N) is 5. The molecule has 1 saturated heterocycles. The zero-order valence-electron chi connectivity index (χ0n) is 21.2. The minimum atomic E-state index is -0.358. The van der Waals surface area contributed by atoms with E-state index in [9.17, 15) is 4.79 Å². The molecule has 10 heteroatoms. The van der Waals surface area contributed by atoms with Gasteiger partial charge in [-0.25, -0.2) is 4.98 Å². The molecule has 0 bridgehead atoms. The largest absolute Gasteiger partial charge is 0.495 e. The predicted octanol–water partition coefficient (Wildman–Crippen LogP) is 3.66. The molecule has 0 unspecified atom stereocenters. The van der Waals surface area contributed by atoms with Gasteiger partial charge in [-0.15, -0.1) is 0 Å². The van der Waals surface area contributed by atoms with E-state index in [1.165, 1.54) is 0 Å². The van der Waals surface area contributed by atoms with E-state index in [1.54, 1.807) is 25.1 Å². The Balaban J connectivity index is 1.37. The second kappa shape index (κ2) is 9.28. The van der Waals surface area contributed by atoms with E-state index in [4.69, 9.17) is 19.3 Å². The van der Waals surface area contributed by atoms with Gasteiger partial charge in [-0.2, -0.15) is 10.2 Å². The van der Waals surface area contributed by atoms with Gasteiger partial charge in [0, 0.05) is 61.4 Å². The Kier molecular flexibility index (Phi) is 5.92. The number of rotatable bonds is 8. The molecule has 1 amide bonds. The molecule has 2 fully saturated rings. The van der Waals surface area contributed by atoms with Gasteiger partial charge in [0.25, 0.3) is 0 Å². The normalized spacial score (nSPS) is 19.4. The number of aromatic nitrogens is 5. The minimum absolute atomic E-state index is 0.0216. The first kappa shape index (κ1) is 23.6.